The van der Waals surface area contributed by atoms with Crippen LogP contribution in [0, 0.1) is 0 Å². The van der Waals surface area contributed by atoms with Gasteiger partial charge in [-0.1, -0.05) is 13.8 Å². The van der Waals surface area contributed by atoms with Crippen LogP contribution in [0.15, 0.2) is 36.8 Å². The quantitative estimate of drug-likeness (QED) is 0.766. The lowest BCUT2D eigenvalue weighted by atomic mass is 10.1. The van der Waals surface area contributed by atoms with Crippen LogP contribution in [0.25, 0.3) is 11.3 Å². The highest BCUT2D eigenvalue weighted by Gasteiger charge is 2.04. The minimum absolute atomic E-state index is 0.566. The number of hydrogen-bond acceptors (Lipinski definition) is 1. The van der Waals surface area contributed by atoms with E-state index in [0.29, 0.717) is 5.92 Å². The number of hydrogen-bond donors (Lipinski definition) is 1. The number of aromatic nitrogens is 2. The van der Waals surface area contributed by atoms with Gasteiger partial charge in [0.15, 0.2) is 0 Å². The molecule has 2 heterocycles. The third-order valence-corrected chi connectivity index (χ3v) is 2.34. The van der Waals surface area contributed by atoms with E-state index in [0.717, 1.165) is 11.3 Å². The van der Waals surface area contributed by atoms with Gasteiger partial charge in [-0.05, 0) is 29.7 Å². The molecule has 0 fully saturated rings. The molecular weight excluding hydrogens is 172 g/mol. The van der Waals surface area contributed by atoms with Crippen LogP contribution in [0.1, 0.15) is 25.3 Å². The maximum absolute atomic E-state index is 4.10. The van der Waals surface area contributed by atoms with Crippen LogP contribution in [0.4, 0.5) is 0 Å². The van der Waals surface area contributed by atoms with Crippen LogP contribution in [-0.2, 0) is 0 Å². The van der Waals surface area contributed by atoms with Crippen LogP contribution in [0.3, 0.4) is 0 Å². The standard InChI is InChI=1S/C12H14N2/c1-9(2)11-6-12(14-8-11)10-4-3-5-13-7-10/h3-9,14H,1-2H3. The number of rotatable bonds is 2. The van der Waals surface area contributed by atoms with E-state index in [2.05, 4.69) is 42.1 Å². The van der Waals surface area contributed by atoms with Crippen LogP contribution in [0.5, 0.6) is 0 Å². The minimum atomic E-state index is 0.566. The summed E-state index contributed by atoms with van der Waals surface area (Å²) in [6, 6.07) is 6.19. The van der Waals surface area contributed by atoms with Gasteiger partial charge in [-0.15, -0.1) is 0 Å². The van der Waals surface area contributed by atoms with Gasteiger partial charge in [0.05, 0.1) is 0 Å². The molecule has 0 aliphatic rings. The summed E-state index contributed by atoms with van der Waals surface area (Å²) in [5.41, 5.74) is 3.62. The number of nitrogens with zero attached hydrogens (tertiary/aromatic N) is 1. The summed E-state index contributed by atoms with van der Waals surface area (Å²) >= 11 is 0. The van der Waals surface area contributed by atoms with Crippen molar-refractivity contribution in [2.24, 2.45) is 0 Å². The molecule has 2 heteroatoms. The molecule has 2 aromatic heterocycles. The molecule has 0 bridgehead atoms. The summed E-state index contributed by atoms with van der Waals surface area (Å²) in [5, 5.41) is 0. The fourth-order valence-electron chi connectivity index (χ4n) is 1.43. The summed E-state index contributed by atoms with van der Waals surface area (Å²) in [4.78, 5) is 7.36. The van der Waals surface area contributed by atoms with Gasteiger partial charge < -0.3 is 4.98 Å². The topological polar surface area (TPSA) is 28.7 Å². The van der Waals surface area contributed by atoms with Gasteiger partial charge in [0.1, 0.15) is 0 Å². The van der Waals surface area contributed by atoms with E-state index in [9.17, 15) is 0 Å². The van der Waals surface area contributed by atoms with Crippen LogP contribution in [-0.4, -0.2) is 9.97 Å². The molecule has 0 atom stereocenters. The van der Waals surface area contributed by atoms with Crippen LogP contribution >= 0.6 is 0 Å². The monoisotopic (exact) mass is 186 g/mol. The third kappa shape index (κ3) is 1.69. The first-order valence-corrected chi connectivity index (χ1v) is 4.86. The first-order chi connectivity index (χ1) is 6.77. The van der Waals surface area contributed by atoms with E-state index in [1.54, 1.807) is 6.20 Å². The fraction of sp³-hybridized carbons (Fsp3) is 0.250. The lowest BCUT2D eigenvalue weighted by molar-refractivity contribution is 0.869. The van der Waals surface area contributed by atoms with Crippen molar-refractivity contribution in [3.8, 4) is 11.3 Å². The first kappa shape index (κ1) is 9.00. The molecule has 0 saturated carbocycles. The molecule has 14 heavy (non-hydrogen) atoms. The third-order valence-electron chi connectivity index (χ3n) is 2.34. The fourth-order valence-corrected chi connectivity index (χ4v) is 1.43. The molecule has 72 valence electrons. The summed E-state index contributed by atoms with van der Waals surface area (Å²) in [6.07, 6.45) is 5.72. The second-order valence-electron chi connectivity index (χ2n) is 3.74. The van der Waals surface area contributed by atoms with Gasteiger partial charge in [-0.3, -0.25) is 4.98 Å². The molecule has 0 aliphatic heterocycles. The van der Waals surface area contributed by atoms with Crippen LogP contribution < -0.4 is 0 Å². The predicted octanol–water partition coefficient (Wildman–Crippen LogP) is 3.20. The highest BCUT2D eigenvalue weighted by Crippen LogP contribution is 2.22. The van der Waals surface area contributed by atoms with E-state index in [1.807, 2.05) is 12.3 Å². The molecule has 2 aromatic rings. The lowest BCUT2D eigenvalue weighted by Crippen LogP contribution is -1.80. The maximum atomic E-state index is 4.10. The molecule has 2 nitrogen and oxygen atoms in total. The second-order valence-corrected chi connectivity index (χ2v) is 3.74. The zero-order chi connectivity index (χ0) is 9.97. The van der Waals surface area contributed by atoms with Gasteiger partial charge in [-0.25, -0.2) is 0 Å². The molecule has 2 rings (SSSR count). The Balaban J connectivity index is 2.34. The van der Waals surface area contributed by atoms with E-state index in [1.165, 1.54) is 5.56 Å². The van der Waals surface area contributed by atoms with Gasteiger partial charge >= 0.3 is 0 Å². The highest BCUT2D eigenvalue weighted by atomic mass is 14.7. The van der Waals surface area contributed by atoms with E-state index >= 15 is 0 Å². The molecule has 0 amide bonds. The van der Waals surface area contributed by atoms with Crippen molar-refractivity contribution >= 4 is 0 Å². The van der Waals surface area contributed by atoms with Gasteiger partial charge in [0.25, 0.3) is 0 Å². The number of aromatic amines is 1. The molecule has 0 unspecified atom stereocenters. The molecule has 0 spiro atoms. The Kier molecular flexibility index (Phi) is 2.35. The van der Waals surface area contributed by atoms with Gasteiger partial charge in [0, 0.05) is 29.8 Å². The lowest BCUT2D eigenvalue weighted by Gasteiger charge is -1.98. The SMILES string of the molecule is CC(C)c1c[nH]c(-c2cccnc2)c1. The van der Waals surface area contributed by atoms with Gasteiger partial charge in [0.2, 0.25) is 0 Å². The van der Waals surface area contributed by atoms with Crippen molar-refractivity contribution in [3.05, 3.63) is 42.4 Å². The second kappa shape index (κ2) is 3.66. The Hall–Kier alpha value is -1.57. The average Bonchev–Trinajstić information content (AvgIpc) is 2.68. The zero-order valence-electron chi connectivity index (χ0n) is 8.49. The Morgan fingerprint density at radius 2 is 2.21 bits per heavy atom. The minimum Gasteiger partial charge on any atom is -0.361 e. The number of nitrogens with one attached hydrogen (secondary N) is 1. The average molecular weight is 186 g/mol. The summed E-state index contributed by atoms with van der Waals surface area (Å²) in [7, 11) is 0. The summed E-state index contributed by atoms with van der Waals surface area (Å²) in [5.74, 6) is 0.566. The molecular formula is C12H14N2. The Morgan fingerprint density at radius 3 is 2.79 bits per heavy atom. The van der Waals surface area contributed by atoms with Crippen molar-refractivity contribution in [1.29, 1.82) is 0 Å². The molecule has 0 saturated heterocycles. The first-order valence-electron chi connectivity index (χ1n) is 4.86. The zero-order valence-corrected chi connectivity index (χ0v) is 8.49. The van der Waals surface area contributed by atoms with Crippen molar-refractivity contribution in [1.82, 2.24) is 9.97 Å². The Morgan fingerprint density at radius 1 is 1.36 bits per heavy atom. The van der Waals surface area contributed by atoms with E-state index < -0.39 is 0 Å². The molecule has 0 aliphatic carbocycles. The van der Waals surface area contributed by atoms with Crippen molar-refractivity contribution in [2.45, 2.75) is 19.8 Å². The summed E-state index contributed by atoms with van der Waals surface area (Å²) in [6.45, 7) is 4.38. The molecule has 0 radical (unpaired) electrons. The smallest absolute Gasteiger partial charge is 0.0472 e. The van der Waals surface area contributed by atoms with Crippen molar-refractivity contribution in [2.75, 3.05) is 0 Å². The number of pyridine rings is 1. The Bertz CT molecular complexity index is 401. The number of H-pyrrole nitrogens is 1. The normalized spacial score (nSPS) is 10.8. The largest absolute Gasteiger partial charge is 0.361 e. The van der Waals surface area contributed by atoms with E-state index in [-0.39, 0.29) is 0 Å². The van der Waals surface area contributed by atoms with E-state index in [4.69, 9.17) is 0 Å². The highest BCUT2D eigenvalue weighted by molar-refractivity contribution is 5.59. The van der Waals surface area contributed by atoms with Gasteiger partial charge in [-0.2, -0.15) is 0 Å². The Labute approximate surface area is 84.0 Å². The maximum Gasteiger partial charge on any atom is 0.0472 e. The van der Waals surface area contributed by atoms with Crippen molar-refractivity contribution < 1.29 is 0 Å². The van der Waals surface area contributed by atoms with Crippen LogP contribution in [0.2, 0.25) is 0 Å². The molecule has 0 aromatic carbocycles. The van der Waals surface area contributed by atoms with Crippen molar-refractivity contribution in [3.63, 3.8) is 0 Å². The summed E-state index contributed by atoms with van der Waals surface area (Å²) < 4.78 is 0. The predicted molar refractivity (Wildman–Crippen MR) is 58.1 cm³/mol. The molecule has 1 N–H and O–H groups in total.